The summed E-state index contributed by atoms with van der Waals surface area (Å²) in [6.07, 6.45) is 1.73. The number of anilines is 1. The van der Waals surface area contributed by atoms with Gasteiger partial charge in [0.25, 0.3) is 5.91 Å². The highest BCUT2D eigenvalue weighted by molar-refractivity contribution is 7.19. The molecule has 7 heteroatoms. The smallest absolute Gasteiger partial charge is 0.269 e. The lowest BCUT2D eigenvalue weighted by Gasteiger charge is -2.13. The van der Waals surface area contributed by atoms with Crippen molar-refractivity contribution < 1.29 is 4.79 Å². The third-order valence-electron chi connectivity index (χ3n) is 3.21. The van der Waals surface area contributed by atoms with Gasteiger partial charge in [0.1, 0.15) is 0 Å². The van der Waals surface area contributed by atoms with E-state index in [1.165, 1.54) is 11.3 Å². The highest BCUT2D eigenvalue weighted by Gasteiger charge is 2.16. The fourth-order valence-electron chi connectivity index (χ4n) is 2.18. The van der Waals surface area contributed by atoms with Crippen LogP contribution in [0.25, 0.3) is 10.2 Å². The molecule has 3 heterocycles. The molecule has 0 aliphatic carbocycles. The quantitative estimate of drug-likeness (QED) is 0.772. The molecule has 3 aromatic heterocycles. The minimum atomic E-state index is -0.553. The van der Waals surface area contributed by atoms with Crippen molar-refractivity contribution in [1.29, 1.82) is 0 Å². The Bertz CT molecular complexity index is 831. The number of aryl methyl sites for hydroxylation is 1. The number of aromatic nitrogens is 3. The Morgan fingerprint density at radius 2 is 2.18 bits per heavy atom. The first kappa shape index (κ1) is 14.4. The van der Waals surface area contributed by atoms with Crippen LogP contribution in [0.2, 0.25) is 0 Å². The van der Waals surface area contributed by atoms with Crippen molar-refractivity contribution >= 4 is 33.4 Å². The number of carbonyl (C=O) groups is 1. The average molecular weight is 313 g/mol. The number of hydrogen-bond donors (Lipinski definition) is 2. The topological polar surface area (TPSA) is 93.8 Å². The molecule has 0 saturated heterocycles. The van der Waals surface area contributed by atoms with Crippen LogP contribution in [0.4, 0.5) is 5.95 Å². The molecular formula is C15H15N5OS. The number of carbonyl (C=O) groups excluding carboxylic acids is 1. The Hall–Kier alpha value is -2.54. The first-order valence-corrected chi connectivity index (χ1v) is 7.61. The summed E-state index contributed by atoms with van der Waals surface area (Å²) in [5.41, 5.74) is 7.28. The highest BCUT2D eigenvalue weighted by Crippen LogP contribution is 2.27. The second-order valence-corrected chi connectivity index (χ2v) is 6.21. The average Bonchev–Trinajstić information content (AvgIpc) is 2.87. The summed E-state index contributed by atoms with van der Waals surface area (Å²) >= 11 is 1.47. The van der Waals surface area contributed by atoms with Gasteiger partial charge in [-0.1, -0.05) is 6.07 Å². The zero-order valence-corrected chi connectivity index (χ0v) is 13.0. The molecule has 0 spiro atoms. The van der Waals surface area contributed by atoms with Gasteiger partial charge in [0, 0.05) is 11.1 Å². The molecule has 112 valence electrons. The van der Waals surface area contributed by atoms with Gasteiger partial charge in [-0.25, -0.2) is 9.97 Å². The number of nitrogens with one attached hydrogen (secondary N) is 1. The van der Waals surface area contributed by atoms with Crippen LogP contribution < -0.4 is 11.1 Å². The van der Waals surface area contributed by atoms with Crippen LogP contribution in [-0.4, -0.2) is 20.9 Å². The summed E-state index contributed by atoms with van der Waals surface area (Å²) in [7, 11) is 0. The number of amides is 1. The minimum Gasteiger partial charge on any atom is -0.364 e. The zero-order chi connectivity index (χ0) is 15.7. The summed E-state index contributed by atoms with van der Waals surface area (Å²) in [4.78, 5) is 25.7. The van der Waals surface area contributed by atoms with E-state index in [9.17, 15) is 4.79 Å². The van der Waals surface area contributed by atoms with E-state index in [1.54, 1.807) is 6.20 Å². The van der Waals surface area contributed by atoms with Gasteiger partial charge in [-0.15, -0.1) is 11.3 Å². The predicted octanol–water partition coefficient (Wildman–Crippen LogP) is 2.67. The Balaban J connectivity index is 1.99. The molecule has 0 fully saturated rings. The van der Waals surface area contributed by atoms with E-state index in [0.717, 1.165) is 20.8 Å². The molecule has 0 bridgehead atoms. The molecule has 1 amide bonds. The second kappa shape index (κ2) is 5.69. The molecule has 0 aromatic carbocycles. The van der Waals surface area contributed by atoms with Crippen LogP contribution in [0, 0.1) is 6.92 Å². The molecule has 1 atom stereocenters. The van der Waals surface area contributed by atoms with E-state index < -0.39 is 5.91 Å². The molecule has 0 radical (unpaired) electrons. The van der Waals surface area contributed by atoms with E-state index in [0.29, 0.717) is 5.95 Å². The number of nitrogens with two attached hydrogens (primary N) is 1. The molecule has 22 heavy (non-hydrogen) atoms. The molecule has 0 aliphatic rings. The van der Waals surface area contributed by atoms with E-state index >= 15 is 0 Å². The van der Waals surface area contributed by atoms with Crippen molar-refractivity contribution in [2.45, 2.75) is 19.9 Å². The molecule has 6 nitrogen and oxygen atoms in total. The summed E-state index contributed by atoms with van der Waals surface area (Å²) in [6, 6.07) is 7.53. The fraction of sp³-hybridized carbons (Fsp3) is 0.200. The lowest BCUT2D eigenvalue weighted by atomic mass is 10.2. The number of primary amides is 1. The Kier molecular flexibility index (Phi) is 3.72. The number of hydrogen-bond acceptors (Lipinski definition) is 6. The maximum absolute atomic E-state index is 11.6. The van der Waals surface area contributed by atoms with Gasteiger partial charge in [0.15, 0.2) is 5.69 Å². The summed E-state index contributed by atoms with van der Waals surface area (Å²) < 4.78 is 0.723. The van der Waals surface area contributed by atoms with Gasteiger partial charge >= 0.3 is 0 Å². The van der Waals surface area contributed by atoms with E-state index in [4.69, 9.17) is 5.73 Å². The van der Waals surface area contributed by atoms with Crippen molar-refractivity contribution in [3.05, 3.63) is 46.7 Å². The number of pyridine rings is 1. The second-order valence-electron chi connectivity index (χ2n) is 4.95. The van der Waals surface area contributed by atoms with Gasteiger partial charge in [-0.3, -0.25) is 9.78 Å². The number of fused-ring (bicyclic) bond motifs is 1. The third-order valence-corrected chi connectivity index (χ3v) is 4.25. The van der Waals surface area contributed by atoms with E-state index in [-0.39, 0.29) is 11.7 Å². The molecule has 0 unspecified atom stereocenters. The SMILES string of the molecule is Cc1cc2nc(N[C@@H](C)c3ccccn3)nc(C(N)=O)c2s1. The molecule has 3 aromatic rings. The lowest BCUT2D eigenvalue weighted by Crippen LogP contribution is -2.17. The van der Waals surface area contributed by atoms with Gasteiger partial charge in [-0.05, 0) is 32.0 Å². The van der Waals surface area contributed by atoms with Crippen LogP contribution in [0.5, 0.6) is 0 Å². The number of thiophene rings is 1. The summed E-state index contributed by atoms with van der Waals surface area (Å²) in [6.45, 7) is 3.92. The van der Waals surface area contributed by atoms with Crippen molar-refractivity contribution in [3.8, 4) is 0 Å². The van der Waals surface area contributed by atoms with Crippen molar-refractivity contribution in [2.75, 3.05) is 5.32 Å². The highest BCUT2D eigenvalue weighted by atomic mass is 32.1. The Labute approximate surface area is 131 Å². The largest absolute Gasteiger partial charge is 0.364 e. The monoisotopic (exact) mass is 313 g/mol. The maximum atomic E-state index is 11.6. The van der Waals surface area contributed by atoms with Gasteiger partial charge in [-0.2, -0.15) is 0 Å². The van der Waals surface area contributed by atoms with Crippen LogP contribution in [0.1, 0.15) is 34.0 Å². The summed E-state index contributed by atoms with van der Waals surface area (Å²) in [5, 5.41) is 3.17. The molecular weight excluding hydrogens is 298 g/mol. The number of nitrogens with zero attached hydrogens (tertiary/aromatic N) is 3. The lowest BCUT2D eigenvalue weighted by molar-refractivity contribution is 0.0997. The third kappa shape index (κ3) is 2.75. The Morgan fingerprint density at radius 1 is 1.36 bits per heavy atom. The molecule has 3 N–H and O–H groups in total. The van der Waals surface area contributed by atoms with Crippen LogP contribution in [-0.2, 0) is 0 Å². The predicted molar refractivity (Wildman–Crippen MR) is 86.9 cm³/mol. The van der Waals surface area contributed by atoms with Gasteiger partial charge in [0.05, 0.1) is 22.0 Å². The van der Waals surface area contributed by atoms with Crippen molar-refractivity contribution in [2.24, 2.45) is 5.73 Å². The van der Waals surface area contributed by atoms with Gasteiger partial charge in [0.2, 0.25) is 5.95 Å². The first-order valence-electron chi connectivity index (χ1n) is 6.80. The molecule has 0 saturated carbocycles. The fourth-order valence-corrected chi connectivity index (χ4v) is 3.13. The van der Waals surface area contributed by atoms with E-state index in [1.807, 2.05) is 38.1 Å². The first-order chi connectivity index (χ1) is 10.5. The molecule has 0 aliphatic heterocycles. The maximum Gasteiger partial charge on any atom is 0.269 e. The minimum absolute atomic E-state index is 0.0842. The van der Waals surface area contributed by atoms with E-state index in [2.05, 4.69) is 20.3 Å². The van der Waals surface area contributed by atoms with Crippen LogP contribution in [0.3, 0.4) is 0 Å². The standard InChI is InChI=1S/C15H15N5OS/c1-8-7-11-13(22-8)12(14(16)21)20-15(19-11)18-9(2)10-5-3-4-6-17-10/h3-7,9H,1-2H3,(H2,16,21)(H,18,19,20)/t9-/m0/s1. The van der Waals surface area contributed by atoms with Crippen molar-refractivity contribution in [1.82, 2.24) is 15.0 Å². The Morgan fingerprint density at radius 3 is 2.86 bits per heavy atom. The zero-order valence-electron chi connectivity index (χ0n) is 12.2. The summed E-state index contributed by atoms with van der Waals surface area (Å²) in [5.74, 6) is -0.181. The molecule has 3 rings (SSSR count). The normalized spacial score (nSPS) is 12.3. The van der Waals surface area contributed by atoms with Gasteiger partial charge < -0.3 is 11.1 Å². The van der Waals surface area contributed by atoms with Crippen LogP contribution >= 0.6 is 11.3 Å². The van der Waals surface area contributed by atoms with Crippen LogP contribution in [0.15, 0.2) is 30.5 Å². The number of rotatable bonds is 4. The van der Waals surface area contributed by atoms with Crippen molar-refractivity contribution in [3.63, 3.8) is 0 Å².